The lowest BCUT2D eigenvalue weighted by atomic mass is 10.1. The molecule has 8 nitrogen and oxygen atoms in total. The highest BCUT2D eigenvalue weighted by Gasteiger charge is 2.20. The maximum absolute atomic E-state index is 12.6. The minimum Gasteiger partial charge on any atom is -0.756 e. The number of quaternary nitrogens is 1. The smallest absolute Gasteiger partial charge is 0.306 e. The SMILES string of the molecule is CC/C=C\C/C=C\C/C=C\C/C=C\C/C=C\CCCCCCOCC(COP(=O)([O-])OCC[N+](C)(C)C)OC(=O)CCCCCCC/C=C\CCCCCC. The summed E-state index contributed by atoms with van der Waals surface area (Å²) < 4.78 is 34.5. The quantitative estimate of drug-likeness (QED) is 0.0201. The van der Waals surface area contributed by atoms with Gasteiger partial charge in [0.25, 0.3) is 7.82 Å². The van der Waals surface area contributed by atoms with Crippen molar-refractivity contribution in [1.29, 1.82) is 0 Å². The summed E-state index contributed by atoms with van der Waals surface area (Å²) >= 11 is 0. The number of likely N-dealkylation sites (N-methyl/N-ethyl adjacent to an activating group) is 1. The van der Waals surface area contributed by atoms with Gasteiger partial charge in [0.1, 0.15) is 19.3 Å². The van der Waals surface area contributed by atoms with Gasteiger partial charge in [-0.05, 0) is 83.5 Å². The predicted octanol–water partition coefficient (Wildman–Crippen LogP) is 12.1. The van der Waals surface area contributed by atoms with Gasteiger partial charge in [0.15, 0.2) is 0 Å². The van der Waals surface area contributed by atoms with E-state index in [2.05, 4.69) is 86.8 Å². The van der Waals surface area contributed by atoms with Crippen LogP contribution in [0.4, 0.5) is 0 Å². The summed E-state index contributed by atoms with van der Waals surface area (Å²) in [5, 5.41) is 0. The number of carbonyl (C=O) groups is 1. The molecule has 0 radical (unpaired) electrons. The van der Waals surface area contributed by atoms with Gasteiger partial charge >= 0.3 is 5.97 Å². The molecule has 0 N–H and O–H groups in total. The minimum atomic E-state index is -4.54. The van der Waals surface area contributed by atoms with Crippen LogP contribution in [0.3, 0.4) is 0 Å². The number of hydrogen-bond acceptors (Lipinski definition) is 7. The number of phosphoric acid groups is 1. The molecule has 0 aromatic carbocycles. The van der Waals surface area contributed by atoms with Gasteiger partial charge in [-0.3, -0.25) is 9.36 Å². The van der Waals surface area contributed by atoms with Gasteiger partial charge in [-0.1, -0.05) is 138 Å². The number of esters is 1. The lowest BCUT2D eigenvalue weighted by Crippen LogP contribution is -2.37. The Kier molecular flexibility index (Phi) is 37.3. The second kappa shape index (κ2) is 38.8. The van der Waals surface area contributed by atoms with Crippen molar-refractivity contribution < 1.29 is 37.3 Å². The van der Waals surface area contributed by atoms with Crippen molar-refractivity contribution in [3.05, 3.63) is 72.9 Å². The standard InChI is InChI=1S/C46H82NO7P/c1-6-8-10-12-14-16-18-20-21-22-23-24-25-26-28-30-32-34-36-38-41-51-43-45(44-53-55(49,50)52-42-40-47(3,4)5)54-46(48)39-37-35-33-31-29-27-19-17-15-13-11-9-7-2/h8,10,14,16-17,19-21,23-24,26,28,45H,6-7,9,11-13,15,18,22,25,27,29-44H2,1-5H3/b10-8-,16-14-,19-17-,21-20-,24-23-,28-26-. The van der Waals surface area contributed by atoms with Crippen LogP contribution < -0.4 is 4.89 Å². The van der Waals surface area contributed by atoms with Crippen molar-refractivity contribution in [1.82, 2.24) is 0 Å². The lowest BCUT2D eigenvalue weighted by Gasteiger charge is -2.28. The van der Waals surface area contributed by atoms with Gasteiger partial charge in [0.2, 0.25) is 0 Å². The van der Waals surface area contributed by atoms with E-state index in [1.807, 2.05) is 21.1 Å². The molecule has 0 aliphatic rings. The van der Waals surface area contributed by atoms with E-state index in [1.165, 1.54) is 38.5 Å². The number of hydrogen-bond donors (Lipinski definition) is 0. The molecular formula is C46H82NO7P. The zero-order valence-corrected chi connectivity index (χ0v) is 36.7. The van der Waals surface area contributed by atoms with E-state index < -0.39 is 13.9 Å². The van der Waals surface area contributed by atoms with Crippen molar-refractivity contribution in [3.63, 3.8) is 0 Å². The summed E-state index contributed by atoms with van der Waals surface area (Å²) in [6, 6.07) is 0. The van der Waals surface area contributed by atoms with E-state index in [9.17, 15) is 14.3 Å². The summed E-state index contributed by atoms with van der Waals surface area (Å²) in [5.41, 5.74) is 0. The topological polar surface area (TPSA) is 94.1 Å². The van der Waals surface area contributed by atoms with Gasteiger partial charge in [0, 0.05) is 13.0 Å². The van der Waals surface area contributed by atoms with E-state index in [1.54, 1.807) is 0 Å². The van der Waals surface area contributed by atoms with Gasteiger partial charge in [-0.2, -0.15) is 0 Å². The van der Waals surface area contributed by atoms with Crippen molar-refractivity contribution >= 4 is 13.8 Å². The Morgan fingerprint density at radius 1 is 0.582 bits per heavy atom. The molecule has 9 heteroatoms. The van der Waals surface area contributed by atoms with Crippen molar-refractivity contribution in [2.45, 2.75) is 161 Å². The highest BCUT2D eigenvalue weighted by Crippen LogP contribution is 2.38. The van der Waals surface area contributed by atoms with Crippen LogP contribution >= 0.6 is 7.82 Å². The fourth-order valence-corrected chi connectivity index (χ4v) is 6.12. The molecule has 0 aliphatic heterocycles. The highest BCUT2D eigenvalue weighted by molar-refractivity contribution is 7.45. The van der Waals surface area contributed by atoms with Gasteiger partial charge in [-0.15, -0.1) is 0 Å². The number of allylic oxidation sites excluding steroid dienone is 12. The Hall–Kier alpha value is -2.06. The molecule has 2 atom stereocenters. The number of ether oxygens (including phenoxy) is 2. The van der Waals surface area contributed by atoms with Crippen LogP contribution in [0.2, 0.25) is 0 Å². The molecule has 55 heavy (non-hydrogen) atoms. The number of unbranched alkanes of at least 4 members (excludes halogenated alkanes) is 13. The fraction of sp³-hybridized carbons (Fsp3) is 0.717. The number of phosphoric ester groups is 1. The fourth-order valence-electron chi connectivity index (χ4n) is 5.39. The molecule has 0 heterocycles. The molecule has 0 amide bonds. The Morgan fingerprint density at radius 2 is 1.05 bits per heavy atom. The van der Waals surface area contributed by atoms with Crippen molar-refractivity contribution in [2.24, 2.45) is 0 Å². The van der Waals surface area contributed by atoms with Gasteiger partial charge in [0.05, 0.1) is 34.4 Å². The first-order valence-electron chi connectivity index (χ1n) is 21.7. The summed E-state index contributed by atoms with van der Waals surface area (Å²) in [4.78, 5) is 25.0. The first kappa shape index (κ1) is 52.9. The molecule has 0 bridgehead atoms. The molecule has 0 saturated carbocycles. The summed E-state index contributed by atoms with van der Waals surface area (Å²) in [6.45, 7) is 5.18. The number of rotatable bonds is 39. The molecule has 318 valence electrons. The van der Waals surface area contributed by atoms with Crippen molar-refractivity contribution in [3.8, 4) is 0 Å². The van der Waals surface area contributed by atoms with Gasteiger partial charge < -0.3 is 27.9 Å². The second-order valence-corrected chi connectivity index (χ2v) is 16.7. The van der Waals surface area contributed by atoms with E-state index >= 15 is 0 Å². The number of carbonyl (C=O) groups excluding carboxylic acids is 1. The van der Waals surface area contributed by atoms with Crippen LogP contribution in [0.5, 0.6) is 0 Å². The van der Waals surface area contributed by atoms with E-state index in [0.29, 0.717) is 24.1 Å². The summed E-state index contributed by atoms with van der Waals surface area (Å²) in [7, 11) is 1.32. The molecule has 0 aliphatic carbocycles. The first-order chi connectivity index (χ1) is 26.6. The molecule has 0 fully saturated rings. The van der Waals surface area contributed by atoms with E-state index in [0.717, 1.165) is 96.3 Å². The van der Waals surface area contributed by atoms with E-state index in [4.69, 9.17) is 18.5 Å². The summed E-state index contributed by atoms with van der Waals surface area (Å²) in [5.74, 6) is -0.357. The Balaban J connectivity index is 4.31. The van der Waals surface area contributed by atoms with Crippen LogP contribution in [0, 0.1) is 0 Å². The Bertz CT molecular complexity index is 1110. The minimum absolute atomic E-state index is 0.0155. The maximum atomic E-state index is 12.6. The predicted molar refractivity (Wildman–Crippen MR) is 231 cm³/mol. The van der Waals surface area contributed by atoms with Crippen LogP contribution in [0.15, 0.2) is 72.9 Å². The van der Waals surface area contributed by atoms with Crippen molar-refractivity contribution in [2.75, 3.05) is 54.1 Å². The van der Waals surface area contributed by atoms with Crippen LogP contribution in [0.25, 0.3) is 0 Å². The third-order valence-electron chi connectivity index (χ3n) is 8.74. The molecule has 0 saturated heterocycles. The maximum Gasteiger partial charge on any atom is 0.306 e. The average molecular weight is 792 g/mol. The molecule has 0 spiro atoms. The zero-order chi connectivity index (χ0) is 40.6. The van der Waals surface area contributed by atoms with Crippen LogP contribution in [-0.2, 0) is 27.9 Å². The Labute approximate surface area is 338 Å². The Morgan fingerprint density at radius 3 is 1.60 bits per heavy atom. The summed E-state index contributed by atoms with van der Waals surface area (Å²) in [6.07, 6.45) is 49.1. The largest absolute Gasteiger partial charge is 0.756 e. The second-order valence-electron chi connectivity index (χ2n) is 15.3. The van der Waals surface area contributed by atoms with Crippen LogP contribution in [-0.4, -0.2) is 70.7 Å². The molecule has 0 rings (SSSR count). The lowest BCUT2D eigenvalue weighted by molar-refractivity contribution is -0.870. The third-order valence-corrected chi connectivity index (χ3v) is 9.71. The monoisotopic (exact) mass is 792 g/mol. The average Bonchev–Trinajstić information content (AvgIpc) is 3.13. The third kappa shape index (κ3) is 42.9. The molecule has 0 aromatic heterocycles. The number of nitrogens with zero attached hydrogens (tertiary/aromatic N) is 1. The highest BCUT2D eigenvalue weighted by atomic mass is 31.2. The normalized spacial score (nSPS) is 14.5. The zero-order valence-electron chi connectivity index (χ0n) is 35.8. The van der Waals surface area contributed by atoms with Gasteiger partial charge in [-0.25, -0.2) is 0 Å². The first-order valence-corrected chi connectivity index (χ1v) is 23.1. The van der Waals surface area contributed by atoms with Crippen LogP contribution in [0.1, 0.15) is 155 Å². The molecular weight excluding hydrogens is 709 g/mol. The molecule has 0 aromatic rings. The molecule has 2 unspecified atom stereocenters. The van der Waals surface area contributed by atoms with E-state index in [-0.39, 0.29) is 25.8 Å².